The van der Waals surface area contributed by atoms with E-state index in [2.05, 4.69) is 10.6 Å². The van der Waals surface area contributed by atoms with E-state index in [0.29, 0.717) is 12.8 Å². The van der Waals surface area contributed by atoms with E-state index in [9.17, 15) is 14.4 Å². The molecule has 1 fully saturated rings. The van der Waals surface area contributed by atoms with Crippen LogP contribution in [-0.4, -0.2) is 17.8 Å². The zero-order chi connectivity index (χ0) is 12.3. The molecular formula is C12H12N2O3. The molecular weight excluding hydrogens is 220 g/mol. The topological polar surface area (TPSA) is 75.3 Å². The number of rotatable bonds is 3. The zero-order valence-electron chi connectivity index (χ0n) is 9.10. The number of hydrogen-bond donors (Lipinski definition) is 2. The van der Waals surface area contributed by atoms with Gasteiger partial charge in [-0.2, -0.15) is 0 Å². The molecule has 1 aliphatic rings. The molecule has 0 aliphatic carbocycles. The van der Waals surface area contributed by atoms with Gasteiger partial charge in [0, 0.05) is 0 Å². The Bertz CT molecular complexity index is 436. The van der Waals surface area contributed by atoms with Gasteiger partial charge in [0.2, 0.25) is 11.8 Å². The summed E-state index contributed by atoms with van der Waals surface area (Å²) in [4.78, 5) is 33.7. The van der Waals surface area contributed by atoms with Crippen molar-refractivity contribution in [3.8, 4) is 0 Å². The Morgan fingerprint density at radius 3 is 2.12 bits per heavy atom. The number of urea groups is 1. The maximum absolute atomic E-state index is 11.4. The highest BCUT2D eigenvalue weighted by molar-refractivity contribution is 6.16. The first-order chi connectivity index (χ1) is 8.16. The molecule has 1 aliphatic heterocycles. The van der Waals surface area contributed by atoms with Crippen molar-refractivity contribution in [1.82, 2.24) is 10.6 Å². The Labute approximate surface area is 98.2 Å². The highest BCUT2D eigenvalue weighted by Gasteiger charge is 2.33. The van der Waals surface area contributed by atoms with Crippen molar-refractivity contribution in [3.63, 3.8) is 0 Å². The minimum Gasteiger partial charge on any atom is -0.277 e. The standard InChI is InChI=1S/C12H12N2O3/c15-10-9(11(16)14-12(17)13-10)7-6-8-4-2-1-3-5-8/h1-5,9H,6-7H2,(H2,13,14,15,16,17). The number of carbonyl (C=O) groups excluding carboxylic acids is 3. The van der Waals surface area contributed by atoms with Gasteiger partial charge < -0.3 is 0 Å². The number of imide groups is 2. The Hall–Kier alpha value is -2.17. The van der Waals surface area contributed by atoms with E-state index in [1.807, 2.05) is 30.3 Å². The number of barbiturate groups is 1. The minimum atomic E-state index is -0.784. The van der Waals surface area contributed by atoms with Gasteiger partial charge in [-0.1, -0.05) is 30.3 Å². The average molecular weight is 232 g/mol. The molecule has 0 saturated carbocycles. The van der Waals surface area contributed by atoms with Crippen molar-refractivity contribution in [3.05, 3.63) is 35.9 Å². The van der Waals surface area contributed by atoms with E-state index < -0.39 is 23.8 Å². The summed E-state index contributed by atoms with van der Waals surface area (Å²) in [6.07, 6.45) is 1.02. The van der Waals surface area contributed by atoms with Gasteiger partial charge >= 0.3 is 6.03 Å². The molecule has 17 heavy (non-hydrogen) atoms. The molecule has 88 valence electrons. The summed E-state index contributed by atoms with van der Waals surface area (Å²) in [5, 5.41) is 4.17. The Morgan fingerprint density at radius 2 is 1.53 bits per heavy atom. The maximum atomic E-state index is 11.4. The van der Waals surface area contributed by atoms with Crippen LogP contribution in [0.15, 0.2) is 30.3 Å². The van der Waals surface area contributed by atoms with Crippen LogP contribution in [0.2, 0.25) is 0 Å². The number of aryl methyl sites for hydroxylation is 1. The van der Waals surface area contributed by atoms with Crippen LogP contribution in [0, 0.1) is 5.92 Å². The van der Waals surface area contributed by atoms with E-state index >= 15 is 0 Å². The van der Waals surface area contributed by atoms with Gasteiger partial charge in [-0.05, 0) is 18.4 Å². The second-order valence-electron chi connectivity index (χ2n) is 3.88. The summed E-state index contributed by atoms with van der Waals surface area (Å²) in [5.74, 6) is -1.82. The van der Waals surface area contributed by atoms with Crippen molar-refractivity contribution >= 4 is 17.8 Å². The van der Waals surface area contributed by atoms with Gasteiger partial charge in [-0.3, -0.25) is 20.2 Å². The Morgan fingerprint density at radius 1 is 0.941 bits per heavy atom. The first-order valence-corrected chi connectivity index (χ1v) is 5.36. The molecule has 1 heterocycles. The lowest BCUT2D eigenvalue weighted by Crippen LogP contribution is -2.55. The second-order valence-corrected chi connectivity index (χ2v) is 3.88. The summed E-state index contributed by atoms with van der Waals surface area (Å²) in [6, 6.07) is 8.84. The van der Waals surface area contributed by atoms with Crippen LogP contribution in [0.3, 0.4) is 0 Å². The van der Waals surface area contributed by atoms with Crippen LogP contribution in [0.25, 0.3) is 0 Å². The van der Waals surface area contributed by atoms with Gasteiger partial charge in [0.1, 0.15) is 5.92 Å². The molecule has 0 aromatic heterocycles. The number of nitrogens with one attached hydrogen (secondary N) is 2. The Kier molecular flexibility index (Phi) is 3.18. The van der Waals surface area contributed by atoms with Gasteiger partial charge in [-0.25, -0.2) is 4.79 Å². The lowest BCUT2D eigenvalue weighted by molar-refractivity contribution is -0.136. The molecule has 0 radical (unpaired) electrons. The smallest absolute Gasteiger partial charge is 0.277 e. The number of benzene rings is 1. The maximum Gasteiger partial charge on any atom is 0.328 e. The first-order valence-electron chi connectivity index (χ1n) is 5.36. The third kappa shape index (κ3) is 2.69. The molecule has 4 amide bonds. The molecule has 5 heteroatoms. The van der Waals surface area contributed by atoms with Crippen LogP contribution in [0.4, 0.5) is 4.79 Å². The SMILES string of the molecule is O=C1NC(=O)C(CCc2ccccc2)C(=O)N1. The fourth-order valence-electron chi connectivity index (χ4n) is 1.77. The van der Waals surface area contributed by atoms with Crippen molar-refractivity contribution < 1.29 is 14.4 Å². The van der Waals surface area contributed by atoms with E-state index in [-0.39, 0.29) is 0 Å². The van der Waals surface area contributed by atoms with Crippen LogP contribution in [0.5, 0.6) is 0 Å². The summed E-state index contributed by atoms with van der Waals surface area (Å²) in [5.41, 5.74) is 1.06. The minimum absolute atomic E-state index is 0.398. The van der Waals surface area contributed by atoms with Gasteiger partial charge in [0.15, 0.2) is 0 Å². The molecule has 0 spiro atoms. The quantitative estimate of drug-likeness (QED) is 0.749. The lowest BCUT2D eigenvalue weighted by atomic mass is 9.97. The fourth-order valence-corrected chi connectivity index (χ4v) is 1.77. The monoisotopic (exact) mass is 232 g/mol. The number of hydrogen-bond acceptors (Lipinski definition) is 3. The van der Waals surface area contributed by atoms with Crippen LogP contribution in [-0.2, 0) is 16.0 Å². The summed E-state index contributed by atoms with van der Waals surface area (Å²) in [7, 11) is 0. The van der Waals surface area contributed by atoms with Crippen molar-refractivity contribution in [1.29, 1.82) is 0 Å². The van der Waals surface area contributed by atoms with Gasteiger partial charge in [-0.15, -0.1) is 0 Å². The van der Waals surface area contributed by atoms with Gasteiger partial charge in [0.25, 0.3) is 0 Å². The zero-order valence-corrected chi connectivity index (χ0v) is 9.10. The van der Waals surface area contributed by atoms with E-state index in [1.165, 1.54) is 0 Å². The molecule has 2 rings (SSSR count). The molecule has 1 aromatic rings. The van der Waals surface area contributed by atoms with Crippen LogP contribution in [0.1, 0.15) is 12.0 Å². The van der Waals surface area contributed by atoms with Crippen LogP contribution < -0.4 is 10.6 Å². The van der Waals surface area contributed by atoms with Gasteiger partial charge in [0.05, 0.1) is 0 Å². The molecule has 0 atom stereocenters. The number of carbonyl (C=O) groups is 3. The third-order valence-corrected chi connectivity index (χ3v) is 2.67. The average Bonchev–Trinajstić information content (AvgIpc) is 2.29. The molecule has 0 unspecified atom stereocenters. The van der Waals surface area contributed by atoms with Crippen molar-refractivity contribution in [2.24, 2.45) is 5.92 Å². The Balaban J connectivity index is 1.97. The lowest BCUT2D eigenvalue weighted by Gasteiger charge is -2.20. The molecule has 2 N–H and O–H groups in total. The highest BCUT2D eigenvalue weighted by Crippen LogP contribution is 2.12. The largest absolute Gasteiger partial charge is 0.328 e. The first kappa shape index (κ1) is 11.3. The predicted molar refractivity (Wildman–Crippen MR) is 59.9 cm³/mol. The molecule has 0 bridgehead atoms. The fraction of sp³-hybridized carbons (Fsp3) is 0.250. The highest BCUT2D eigenvalue weighted by atomic mass is 16.2. The summed E-state index contributed by atoms with van der Waals surface area (Å²) < 4.78 is 0. The number of amides is 4. The molecule has 1 aromatic carbocycles. The van der Waals surface area contributed by atoms with E-state index in [0.717, 1.165) is 5.56 Å². The second kappa shape index (κ2) is 4.78. The van der Waals surface area contributed by atoms with E-state index in [1.54, 1.807) is 0 Å². The van der Waals surface area contributed by atoms with Crippen molar-refractivity contribution in [2.75, 3.05) is 0 Å². The normalized spacial score (nSPS) is 16.6. The molecule has 1 saturated heterocycles. The summed E-state index contributed by atoms with van der Waals surface area (Å²) >= 11 is 0. The predicted octanol–water partition coefficient (Wildman–Crippen LogP) is 0.601. The van der Waals surface area contributed by atoms with E-state index in [4.69, 9.17) is 0 Å². The summed E-state index contributed by atoms with van der Waals surface area (Å²) in [6.45, 7) is 0. The van der Waals surface area contributed by atoms with Crippen molar-refractivity contribution in [2.45, 2.75) is 12.8 Å². The molecule has 5 nitrogen and oxygen atoms in total. The van der Waals surface area contributed by atoms with Crippen LogP contribution >= 0.6 is 0 Å². The third-order valence-electron chi connectivity index (χ3n) is 2.67.